The first-order valence-electron chi connectivity index (χ1n) is 14.2. The molecule has 0 aliphatic heterocycles. The number of halogens is 2. The second-order valence-corrected chi connectivity index (χ2v) is 10.7. The van der Waals surface area contributed by atoms with Crippen molar-refractivity contribution in [1.29, 1.82) is 0 Å². The predicted octanol–water partition coefficient (Wildman–Crippen LogP) is 8.38. The van der Waals surface area contributed by atoms with Crippen molar-refractivity contribution in [2.24, 2.45) is 5.92 Å². The summed E-state index contributed by atoms with van der Waals surface area (Å²) in [6.07, 6.45) is 13.0. The first kappa shape index (κ1) is 29.9. The van der Waals surface area contributed by atoms with Crippen LogP contribution in [-0.4, -0.2) is 18.1 Å². The normalized spacial score (nSPS) is 14.3. The van der Waals surface area contributed by atoms with Gasteiger partial charge in [-0.25, -0.2) is 13.8 Å². The Balaban J connectivity index is 1.50. The maximum atomic E-state index is 15.0. The van der Waals surface area contributed by atoms with E-state index in [1.807, 2.05) is 38.1 Å². The number of nitrogens with zero attached hydrogens (tertiary/aromatic N) is 1. The van der Waals surface area contributed by atoms with Crippen LogP contribution in [0.1, 0.15) is 49.3 Å². The van der Waals surface area contributed by atoms with Crippen LogP contribution < -0.4 is 16.4 Å². The zero-order valence-corrected chi connectivity index (χ0v) is 24.1. The van der Waals surface area contributed by atoms with Gasteiger partial charge < -0.3 is 16.4 Å². The van der Waals surface area contributed by atoms with Crippen molar-refractivity contribution in [2.45, 2.75) is 46.0 Å². The van der Waals surface area contributed by atoms with Gasteiger partial charge in [-0.15, -0.1) is 0 Å². The second kappa shape index (κ2) is 14.0. The number of hydrogen-bond acceptors (Lipinski definition) is 4. The average molecular weight is 555 g/mol. The molecule has 0 radical (unpaired) electrons. The molecule has 1 aliphatic rings. The Bertz CT molecular complexity index is 1460. The van der Waals surface area contributed by atoms with Crippen LogP contribution in [0, 0.1) is 24.5 Å². The first-order valence-corrected chi connectivity index (χ1v) is 14.2. The van der Waals surface area contributed by atoms with E-state index in [4.69, 9.17) is 5.73 Å². The van der Waals surface area contributed by atoms with Crippen molar-refractivity contribution in [3.8, 4) is 11.1 Å². The van der Waals surface area contributed by atoms with Crippen molar-refractivity contribution in [1.82, 2.24) is 10.3 Å². The van der Waals surface area contributed by atoms with E-state index in [9.17, 15) is 4.39 Å². The Morgan fingerprint density at radius 3 is 2.56 bits per heavy atom. The maximum Gasteiger partial charge on any atom is 0.146 e. The van der Waals surface area contributed by atoms with Crippen molar-refractivity contribution in [3.63, 3.8) is 0 Å². The van der Waals surface area contributed by atoms with E-state index < -0.39 is 5.82 Å². The largest absolute Gasteiger partial charge is 0.396 e. The number of nitrogens with two attached hydrogens (primary N) is 1. The molecule has 0 amide bonds. The molecular formula is C35H40F2N4. The Morgan fingerprint density at radius 2 is 1.85 bits per heavy atom. The average Bonchev–Trinajstić information content (AvgIpc) is 3.48. The Kier molecular flexibility index (Phi) is 10.3. The van der Waals surface area contributed by atoms with Crippen LogP contribution in [0.4, 0.5) is 20.3 Å². The summed E-state index contributed by atoms with van der Waals surface area (Å²) in [5, 5.41) is 6.79. The van der Waals surface area contributed by atoms with Crippen LogP contribution in [0.3, 0.4) is 0 Å². The standard InChI is InChI=1S/C35H40F2N4/c1-5-25(21-39-22-26-11-7-8-12-26)18-27(6-2)28-19-29(34(38)33(37)20-28)17-23(3)41-35-24(4)30(15-16-40-35)31-13-9-10-14-32(31)36/h5-6,9-10,13-16,18-20,26,39H,1,3,7-8,11-12,17,21-22,38H2,2,4H3,(H,40,41)/b25-18+,27-6+. The minimum atomic E-state index is -0.478. The van der Waals surface area contributed by atoms with Gasteiger partial charge in [0.15, 0.2) is 0 Å². The molecule has 4 N–H and O–H groups in total. The quantitative estimate of drug-likeness (QED) is 0.155. The fraction of sp³-hybridized carbons (Fsp3) is 0.286. The fourth-order valence-corrected chi connectivity index (χ4v) is 5.41. The Labute approximate surface area is 242 Å². The topological polar surface area (TPSA) is 63.0 Å². The number of nitrogens with one attached hydrogen (secondary N) is 2. The SMILES string of the molecule is C=C/C(=C\C(=C/C)c1cc(F)c(N)c(CC(=C)Nc2nccc(-c3ccccc3F)c2C)c1)CNCC1CCCC1. The molecule has 1 aliphatic carbocycles. The molecule has 41 heavy (non-hydrogen) atoms. The van der Waals surface area contributed by atoms with Gasteiger partial charge in [-0.1, -0.05) is 62.4 Å². The lowest BCUT2D eigenvalue weighted by Crippen LogP contribution is -2.23. The van der Waals surface area contributed by atoms with E-state index in [1.165, 1.54) is 37.8 Å². The van der Waals surface area contributed by atoms with Gasteiger partial charge in [0, 0.05) is 30.4 Å². The summed E-state index contributed by atoms with van der Waals surface area (Å²) < 4.78 is 29.5. The van der Waals surface area contributed by atoms with Crippen molar-refractivity contribution < 1.29 is 8.78 Å². The molecular weight excluding hydrogens is 514 g/mol. The maximum absolute atomic E-state index is 15.0. The van der Waals surface area contributed by atoms with Gasteiger partial charge in [-0.2, -0.15) is 0 Å². The molecule has 4 nitrogen and oxygen atoms in total. The number of nitrogen functional groups attached to an aromatic ring is 1. The molecule has 214 valence electrons. The van der Waals surface area contributed by atoms with Gasteiger partial charge in [-0.05, 0) is 96.8 Å². The lowest BCUT2D eigenvalue weighted by atomic mass is 9.97. The molecule has 1 saturated carbocycles. The molecule has 0 atom stereocenters. The number of hydrogen-bond donors (Lipinski definition) is 3. The van der Waals surface area contributed by atoms with E-state index in [0.29, 0.717) is 35.6 Å². The van der Waals surface area contributed by atoms with Crippen LogP contribution in [-0.2, 0) is 6.42 Å². The molecule has 1 fully saturated rings. The van der Waals surface area contributed by atoms with E-state index in [0.717, 1.165) is 40.3 Å². The van der Waals surface area contributed by atoms with Crippen LogP contribution in [0.25, 0.3) is 16.7 Å². The van der Waals surface area contributed by atoms with Gasteiger partial charge in [0.05, 0.1) is 5.69 Å². The van der Waals surface area contributed by atoms with Gasteiger partial charge in [0.1, 0.15) is 17.5 Å². The number of aromatic nitrogens is 1. The summed E-state index contributed by atoms with van der Waals surface area (Å²) in [6, 6.07) is 11.8. The Hall–Kier alpha value is -4.03. The van der Waals surface area contributed by atoms with E-state index in [1.54, 1.807) is 30.5 Å². The number of allylic oxidation sites excluding steroid dienone is 4. The zero-order valence-electron chi connectivity index (χ0n) is 24.1. The molecule has 0 spiro atoms. The highest BCUT2D eigenvalue weighted by Gasteiger charge is 2.16. The third-order valence-corrected chi connectivity index (χ3v) is 7.77. The minimum Gasteiger partial charge on any atom is -0.396 e. The van der Waals surface area contributed by atoms with Crippen molar-refractivity contribution >= 4 is 17.1 Å². The monoisotopic (exact) mass is 554 g/mol. The van der Waals surface area contributed by atoms with E-state index in [2.05, 4.69) is 28.8 Å². The van der Waals surface area contributed by atoms with Gasteiger partial charge in [-0.3, -0.25) is 0 Å². The van der Waals surface area contributed by atoms with Crippen LogP contribution >= 0.6 is 0 Å². The summed E-state index contributed by atoms with van der Waals surface area (Å²) in [7, 11) is 0. The fourth-order valence-electron chi connectivity index (χ4n) is 5.41. The molecule has 4 rings (SSSR count). The lowest BCUT2D eigenvalue weighted by Gasteiger charge is -2.16. The van der Waals surface area contributed by atoms with Gasteiger partial charge >= 0.3 is 0 Å². The zero-order chi connectivity index (χ0) is 29.4. The first-order chi connectivity index (χ1) is 19.8. The smallest absolute Gasteiger partial charge is 0.146 e. The molecule has 2 aromatic carbocycles. The molecule has 6 heteroatoms. The highest BCUT2D eigenvalue weighted by atomic mass is 19.1. The van der Waals surface area contributed by atoms with Gasteiger partial charge in [0.2, 0.25) is 0 Å². The van der Waals surface area contributed by atoms with Crippen molar-refractivity contribution in [3.05, 3.63) is 120 Å². The van der Waals surface area contributed by atoms with E-state index >= 15 is 4.39 Å². The van der Waals surface area contributed by atoms with Crippen molar-refractivity contribution in [2.75, 3.05) is 24.1 Å². The summed E-state index contributed by atoms with van der Waals surface area (Å²) in [5.74, 6) is 0.528. The summed E-state index contributed by atoms with van der Waals surface area (Å²) in [4.78, 5) is 4.43. The lowest BCUT2D eigenvalue weighted by molar-refractivity contribution is 0.503. The molecule has 0 bridgehead atoms. The molecule has 1 heterocycles. The van der Waals surface area contributed by atoms with Gasteiger partial charge in [0.25, 0.3) is 0 Å². The molecule has 0 saturated heterocycles. The Morgan fingerprint density at radius 1 is 1.10 bits per heavy atom. The highest BCUT2D eigenvalue weighted by molar-refractivity contribution is 5.77. The molecule has 1 aromatic heterocycles. The number of rotatable bonds is 12. The number of pyridine rings is 1. The number of benzene rings is 2. The van der Waals surface area contributed by atoms with Crippen LogP contribution in [0.15, 0.2) is 91.3 Å². The molecule has 0 unspecified atom stereocenters. The van der Waals surface area contributed by atoms with Crippen LogP contribution in [0.5, 0.6) is 0 Å². The third-order valence-electron chi connectivity index (χ3n) is 7.77. The van der Waals surface area contributed by atoms with Crippen LogP contribution in [0.2, 0.25) is 0 Å². The predicted molar refractivity (Wildman–Crippen MR) is 168 cm³/mol. The second-order valence-electron chi connectivity index (χ2n) is 10.7. The highest BCUT2D eigenvalue weighted by Crippen LogP contribution is 2.31. The minimum absolute atomic E-state index is 0.0862. The number of anilines is 2. The third kappa shape index (κ3) is 7.59. The summed E-state index contributed by atoms with van der Waals surface area (Å²) >= 11 is 0. The molecule has 3 aromatic rings. The summed E-state index contributed by atoms with van der Waals surface area (Å²) in [6.45, 7) is 13.7. The van der Waals surface area contributed by atoms with E-state index in [-0.39, 0.29) is 11.5 Å². The summed E-state index contributed by atoms with van der Waals surface area (Å²) in [5.41, 5.74) is 12.1.